The Balaban J connectivity index is 1.71. The normalized spacial score (nSPS) is 11.2. The Morgan fingerprint density at radius 1 is 1.00 bits per heavy atom. The Kier molecular flexibility index (Phi) is 7.93. The van der Waals surface area contributed by atoms with Crippen LogP contribution in [0.5, 0.6) is 5.75 Å². The maximum absolute atomic E-state index is 13.4. The number of carbonyl (C=O) groups is 2. The van der Waals surface area contributed by atoms with E-state index in [2.05, 4.69) is 10.5 Å². The third-order valence-electron chi connectivity index (χ3n) is 4.40. The molecule has 2 amide bonds. The lowest BCUT2D eigenvalue weighted by molar-refractivity contribution is -0.120. The fourth-order valence-electron chi connectivity index (χ4n) is 2.79. The molecule has 11 heteroatoms. The minimum absolute atomic E-state index is 0.0192. The fraction of sp³-hybridized carbons (Fsp3) is 0.0870. The van der Waals surface area contributed by atoms with Gasteiger partial charge < -0.3 is 10.5 Å². The number of nitrogens with zero attached hydrogens (tertiary/aromatic N) is 2. The van der Waals surface area contributed by atoms with Crippen LogP contribution in [-0.2, 0) is 19.6 Å². The number of sulfonamides is 1. The van der Waals surface area contributed by atoms with E-state index in [0.29, 0.717) is 11.3 Å². The maximum atomic E-state index is 13.4. The van der Waals surface area contributed by atoms with Gasteiger partial charge in [0.25, 0.3) is 21.8 Å². The summed E-state index contributed by atoms with van der Waals surface area (Å²) >= 11 is 0. The van der Waals surface area contributed by atoms with Crippen molar-refractivity contribution in [1.29, 1.82) is 0 Å². The highest BCUT2D eigenvalue weighted by atomic mass is 32.2. The van der Waals surface area contributed by atoms with Crippen LogP contribution in [0.25, 0.3) is 0 Å². The summed E-state index contributed by atoms with van der Waals surface area (Å²) in [4.78, 5) is 23.2. The molecule has 0 saturated heterocycles. The largest absolute Gasteiger partial charge is 0.484 e. The quantitative estimate of drug-likeness (QED) is 0.336. The minimum Gasteiger partial charge on any atom is -0.484 e. The van der Waals surface area contributed by atoms with E-state index in [9.17, 15) is 22.4 Å². The van der Waals surface area contributed by atoms with Gasteiger partial charge in [0.15, 0.2) is 6.61 Å². The summed E-state index contributed by atoms with van der Waals surface area (Å²) in [7, 11) is -4.10. The van der Waals surface area contributed by atoms with Gasteiger partial charge in [-0.2, -0.15) is 5.10 Å². The lowest BCUT2D eigenvalue weighted by Crippen LogP contribution is -2.39. The Morgan fingerprint density at radius 2 is 1.65 bits per heavy atom. The second kappa shape index (κ2) is 11.1. The van der Waals surface area contributed by atoms with Crippen LogP contribution in [0.3, 0.4) is 0 Å². The van der Waals surface area contributed by atoms with E-state index in [1.165, 1.54) is 30.5 Å². The van der Waals surface area contributed by atoms with Gasteiger partial charge in [0, 0.05) is 0 Å². The van der Waals surface area contributed by atoms with Crippen molar-refractivity contribution in [3.05, 3.63) is 90.2 Å². The van der Waals surface area contributed by atoms with Crippen molar-refractivity contribution in [3.63, 3.8) is 0 Å². The maximum Gasteiger partial charge on any atom is 0.264 e. The summed E-state index contributed by atoms with van der Waals surface area (Å²) in [5, 5.41) is 3.84. The van der Waals surface area contributed by atoms with Gasteiger partial charge in [-0.05, 0) is 66.2 Å². The van der Waals surface area contributed by atoms with Gasteiger partial charge in [-0.25, -0.2) is 18.2 Å². The zero-order valence-corrected chi connectivity index (χ0v) is 18.6. The number of hydrazone groups is 1. The van der Waals surface area contributed by atoms with Crippen molar-refractivity contribution in [2.24, 2.45) is 10.8 Å². The average Bonchev–Trinajstić information content (AvgIpc) is 2.83. The van der Waals surface area contributed by atoms with Crippen molar-refractivity contribution in [2.45, 2.75) is 4.90 Å². The molecule has 9 nitrogen and oxygen atoms in total. The molecule has 3 rings (SSSR count). The van der Waals surface area contributed by atoms with Crippen LogP contribution in [0.1, 0.15) is 5.56 Å². The fourth-order valence-corrected chi connectivity index (χ4v) is 4.23. The van der Waals surface area contributed by atoms with Crippen molar-refractivity contribution >= 4 is 33.7 Å². The van der Waals surface area contributed by atoms with Crippen molar-refractivity contribution < 1.29 is 27.1 Å². The zero-order chi connectivity index (χ0) is 24.6. The van der Waals surface area contributed by atoms with Crippen LogP contribution in [0.4, 0.5) is 10.1 Å². The highest BCUT2D eigenvalue weighted by Gasteiger charge is 2.27. The number of primary amides is 1. The molecule has 0 aliphatic heterocycles. The lowest BCUT2D eigenvalue weighted by atomic mass is 10.2. The number of rotatable bonds is 10. The number of carbonyl (C=O) groups excluding carboxylic acids is 2. The van der Waals surface area contributed by atoms with Crippen molar-refractivity contribution in [3.8, 4) is 5.75 Å². The summed E-state index contributed by atoms with van der Waals surface area (Å²) in [6.45, 7) is -0.833. The molecular weight excluding hydrogens is 463 g/mol. The van der Waals surface area contributed by atoms with Gasteiger partial charge in [0.05, 0.1) is 16.8 Å². The monoisotopic (exact) mass is 484 g/mol. The van der Waals surface area contributed by atoms with Crippen LogP contribution < -0.4 is 20.2 Å². The van der Waals surface area contributed by atoms with Gasteiger partial charge in [0.2, 0.25) is 0 Å². The van der Waals surface area contributed by atoms with Crippen LogP contribution in [0.2, 0.25) is 0 Å². The molecule has 0 fully saturated rings. The third kappa shape index (κ3) is 6.62. The van der Waals surface area contributed by atoms with E-state index < -0.39 is 34.2 Å². The Labute approximate surface area is 195 Å². The number of nitrogens with one attached hydrogen (secondary N) is 1. The van der Waals surface area contributed by atoms with Crippen LogP contribution >= 0.6 is 0 Å². The van der Waals surface area contributed by atoms with Gasteiger partial charge in [-0.3, -0.25) is 13.9 Å². The molecule has 3 aromatic rings. The first-order valence-electron chi connectivity index (χ1n) is 9.92. The highest BCUT2D eigenvalue weighted by Crippen LogP contribution is 2.23. The Morgan fingerprint density at radius 3 is 2.26 bits per heavy atom. The van der Waals surface area contributed by atoms with Crippen molar-refractivity contribution in [1.82, 2.24) is 5.43 Å². The summed E-state index contributed by atoms with van der Waals surface area (Å²) in [6.07, 6.45) is 1.35. The Bertz CT molecular complexity index is 1260. The third-order valence-corrected chi connectivity index (χ3v) is 6.19. The molecule has 0 heterocycles. The molecule has 0 atom stereocenters. The van der Waals surface area contributed by atoms with E-state index in [4.69, 9.17) is 10.5 Å². The summed E-state index contributed by atoms with van der Waals surface area (Å²) < 4.78 is 45.7. The van der Waals surface area contributed by atoms with E-state index in [1.807, 2.05) is 0 Å². The molecule has 3 N–H and O–H groups in total. The molecule has 0 bridgehead atoms. The number of anilines is 1. The topological polar surface area (TPSA) is 131 Å². The molecule has 0 aromatic heterocycles. The number of nitrogens with two attached hydrogens (primary N) is 1. The predicted octanol–water partition coefficient (Wildman–Crippen LogP) is 2.04. The molecule has 176 valence electrons. The second-order valence-electron chi connectivity index (χ2n) is 6.92. The van der Waals surface area contributed by atoms with Gasteiger partial charge in [-0.1, -0.05) is 18.2 Å². The summed E-state index contributed by atoms with van der Waals surface area (Å²) in [5.41, 5.74) is 8.03. The molecule has 34 heavy (non-hydrogen) atoms. The molecule has 0 unspecified atom stereocenters. The second-order valence-corrected chi connectivity index (χ2v) is 8.78. The molecule has 0 radical (unpaired) electrons. The van der Waals surface area contributed by atoms with E-state index >= 15 is 0 Å². The molecule has 0 saturated carbocycles. The smallest absolute Gasteiger partial charge is 0.264 e. The van der Waals surface area contributed by atoms with E-state index in [1.54, 1.807) is 42.5 Å². The number of benzene rings is 3. The van der Waals surface area contributed by atoms with E-state index in [-0.39, 0.29) is 17.2 Å². The van der Waals surface area contributed by atoms with Crippen LogP contribution in [-0.4, -0.2) is 39.6 Å². The SMILES string of the molecule is NC(=O)COc1ccc(/C=N/NC(=O)CN(c2ccc(F)cc2)S(=O)(=O)c2ccccc2)cc1. The summed E-state index contributed by atoms with van der Waals surface area (Å²) in [6, 6.07) is 18.8. The molecule has 0 aliphatic rings. The number of ether oxygens (including phenoxy) is 1. The predicted molar refractivity (Wildman–Crippen MR) is 124 cm³/mol. The first-order chi connectivity index (χ1) is 16.3. The van der Waals surface area contributed by atoms with Gasteiger partial charge in [-0.15, -0.1) is 0 Å². The summed E-state index contributed by atoms with van der Waals surface area (Å²) in [5.74, 6) is -1.42. The van der Waals surface area contributed by atoms with E-state index in [0.717, 1.165) is 16.4 Å². The minimum atomic E-state index is -4.10. The number of hydrogen-bond donors (Lipinski definition) is 2. The van der Waals surface area contributed by atoms with Crippen molar-refractivity contribution in [2.75, 3.05) is 17.5 Å². The average molecular weight is 485 g/mol. The first-order valence-corrected chi connectivity index (χ1v) is 11.4. The standard InChI is InChI=1S/C23H21FN4O5S/c24-18-8-10-19(11-9-18)28(34(31,32)21-4-2-1-3-5-21)15-23(30)27-26-14-17-6-12-20(13-7-17)33-16-22(25)29/h1-14H,15-16H2,(H2,25,29)(H,27,30)/b26-14+. The highest BCUT2D eigenvalue weighted by molar-refractivity contribution is 7.92. The molecule has 0 aliphatic carbocycles. The molecule has 3 aromatic carbocycles. The first kappa shape index (κ1) is 24.4. The number of hydrogen-bond acceptors (Lipinski definition) is 6. The lowest BCUT2D eigenvalue weighted by Gasteiger charge is -2.23. The van der Waals surface area contributed by atoms with Crippen LogP contribution in [0.15, 0.2) is 88.9 Å². The van der Waals surface area contributed by atoms with Crippen LogP contribution in [0, 0.1) is 5.82 Å². The van der Waals surface area contributed by atoms with Gasteiger partial charge in [0.1, 0.15) is 18.1 Å². The molecular formula is C23H21FN4O5S. The van der Waals surface area contributed by atoms with Gasteiger partial charge >= 0.3 is 0 Å². The Hall–Kier alpha value is -4.25. The number of amides is 2. The number of halogens is 1. The molecule has 0 spiro atoms. The zero-order valence-electron chi connectivity index (χ0n) is 17.8.